The molecule has 0 aromatic carbocycles. The van der Waals surface area contributed by atoms with E-state index in [-0.39, 0.29) is 12.0 Å². The lowest BCUT2D eigenvalue weighted by Gasteiger charge is -2.34. The first kappa shape index (κ1) is 16.2. The molecule has 8 nitrogen and oxygen atoms in total. The molecule has 27 heavy (non-hydrogen) atoms. The molecular formula is C19H22N8. The molecule has 1 aliphatic rings. The molecule has 138 valence electrons. The Kier molecular flexibility index (Phi) is 3.78. The van der Waals surface area contributed by atoms with Crippen molar-refractivity contribution >= 4 is 22.6 Å². The minimum Gasteiger partial charge on any atom is -0.351 e. The van der Waals surface area contributed by atoms with E-state index in [4.69, 9.17) is 4.98 Å². The van der Waals surface area contributed by atoms with Crippen LogP contribution in [-0.4, -0.2) is 49.0 Å². The summed E-state index contributed by atoms with van der Waals surface area (Å²) in [7, 11) is 0. The van der Waals surface area contributed by atoms with Crippen LogP contribution in [0.1, 0.15) is 37.3 Å². The van der Waals surface area contributed by atoms with Gasteiger partial charge < -0.3 is 19.6 Å². The molecule has 0 radical (unpaired) electrons. The number of rotatable bonds is 3. The van der Waals surface area contributed by atoms with Gasteiger partial charge in [0.15, 0.2) is 11.5 Å². The van der Waals surface area contributed by atoms with E-state index >= 15 is 0 Å². The topological polar surface area (TPSA) is 87.0 Å². The van der Waals surface area contributed by atoms with Crippen molar-refractivity contribution < 1.29 is 0 Å². The van der Waals surface area contributed by atoms with E-state index in [1.807, 2.05) is 24.4 Å². The van der Waals surface area contributed by atoms with Crippen LogP contribution in [-0.2, 0) is 0 Å². The zero-order valence-corrected chi connectivity index (χ0v) is 15.4. The fraction of sp³-hybridized carbons (Fsp3) is 0.368. The van der Waals surface area contributed by atoms with Crippen molar-refractivity contribution in [2.24, 2.45) is 0 Å². The number of aromatic amines is 1. The summed E-state index contributed by atoms with van der Waals surface area (Å²) in [6.07, 6.45) is 5.71. The van der Waals surface area contributed by atoms with Gasteiger partial charge in [0.05, 0.1) is 24.3 Å². The van der Waals surface area contributed by atoms with Crippen LogP contribution in [0.3, 0.4) is 0 Å². The highest BCUT2D eigenvalue weighted by Gasteiger charge is 2.26. The first-order valence-corrected chi connectivity index (χ1v) is 9.32. The summed E-state index contributed by atoms with van der Waals surface area (Å²) < 4.78 is 2.15. The van der Waals surface area contributed by atoms with E-state index in [2.05, 4.69) is 54.6 Å². The van der Waals surface area contributed by atoms with E-state index in [9.17, 15) is 0 Å². The van der Waals surface area contributed by atoms with Crippen LogP contribution in [0.15, 0.2) is 36.9 Å². The Bertz CT molecular complexity index is 1100. The Labute approximate surface area is 156 Å². The minimum absolute atomic E-state index is 0.173. The van der Waals surface area contributed by atoms with Gasteiger partial charge in [-0.25, -0.2) is 19.9 Å². The molecule has 1 unspecified atom stereocenters. The van der Waals surface area contributed by atoms with Crippen LogP contribution in [0.25, 0.3) is 16.8 Å². The first-order valence-electron chi connectivity index (χ1n) is 9.32. The summed E-state index contributed by atoms with van der Waals surface area (Å²) in [5, 5.41) is 3.62. The first-order chi connectivity index (χ1) is 13.2. The van der Waals surface area contributed by atoms with Gasteiger partial charge in [0.25, 0.3) is 0 Å². The van der Waals surface area contributed by atoms with Crippen LogP contribution in [0.4, 0.5) is 5.82 Å². The van der Waals surface area contributed by atoms with Crippen molar-refractivity contribution in [2.45, 2.75) is 25.8 Å². The highest BCUT2D eigenvalue weighted by molar-refractivity contribution is 5.83. The number of imidazole rings is 2. The Morgan fingerprint density at radius 1 is 1.19 bits per heavy atom. The van der Waals surface area contributed by atoms with Gasteiger partial charge in [-0.05, 0) is 12.1 Å². The minimum atomic E-state index is 0.173. The second-order valence-electron chi connectivity index (χ2n) is 7.23. The van der Waals surface area contributed by atoms with Crippen LogP contribution in [0.5, 0.6) is 0 Å². The number of pyridine rings is 1. The van der Waals surface area contributed by atoms with Gasteiger partial charge >= 0.3 is 0 Å². The number of nitrogens with one attached hydrogen (secondary N) is 2. The van der Waals surface area contributed by atoms with E-state index in [0.29, 0.717) is 0 Å². The van der Waals surface area contributed by atoms with Gasteiger partial charge in [-0.15, -0.1) is 0 Å². The molecule has 1 aliphatic heterocycles. The number of H-pyrrole nitrogens is 1. The van der Waals surface area contributed by atoms with Crippen LogP contribution >= 0.6 is 0 Å². The van der Waals surface area contributed by atoms with Crippen molar-refractivity contribution in [1.29, 1.82) is 0 Å². The average molecular weight is 362 g/mol. The third-order valence-electron chi connectivity index (χ3n) is 5.08. The standard InChI is InChI=1S/C19H22N8/c1-12(2)17-24-18-16(22-11-23-18)19(25-17)26-8-6-20-13(10-26)14-9-21-15-5-3-4-7-27(14)15/h3-5,7,9,11-13,20H,6,8,10H2,1-2H3,(H,22,23,24,25). The number of nitrogens with zero attached hydrogens (tertiary/aromatic N) is 6. The molecule has 0 amide bonds. The van der Waals surface area contributed by atoms with E-state index in [1.54, 1.807) is 6.33 Å². The molecule has 2 N–H and O–H groups in total. The molecule has 0 spiro atoms. The predicted octanol–water partition coefficient (Wildman–Crippen LogP) is 2.27. The zero-order chi connectivity index (χ0) is 18.4. The summed E-state index contributed by atoms with van der Waals surface area (Å²) in [6.45, 7) is 6.79. The predicted molar refractivity (Wildman–Crippen MR) is 104 cm³/mol. The molecule has 4 aromatic heterocycles. The lowest BCUT2D eigenvalue weighted by Crippen LogP contribution is -2.46. The maximum atomic E-state index is 4.87. The quantitative estimate of drug-likeness (QED) is 0.581. The normalized spacial score (nSPS) is 18.0. The summed E-state index contributed by atoms with van der Waals surface area (Å²) in [5.41, 5.74) is 3.76. The largest absolute Gasteiger partial charge is 0.351 e. The van der Waals surface area contributed by atoms with Crippen molar-refractivity contribution in [1.82, 2.24) is 34.6 Å². The lowest BCUT2D eigenvalue weighted by molar-refractivity contribution is 0.459. The number of piperazine rings is 1. The number of hydrogen-bond donors (Lipinski definition) is 2. The third-order valence-corrected chi connectivity index (χ3v) is 5.08. The second kappa shape index (κ2) is 6.31. The van der Waals surface area contributed by atoms with Crippen LogP contribution < -0.4 is 10.2 Å². The van der Waals surface area contributed by atoms with Gasteiger partial charge in [0, 0.05) is 31.7 Å². The third kappa shape index (κ3) is 2.73. The molecule has 0 saturated carbocycles. The molecule has 8 heteroatoms. The van der Waals surface area contributed by atoms with Gasteiger partial charge in [0.2, 0.25) is 0 Å². The van der Waals surface area contributed by atoms with Crippen molar-refractivity contribution in [3.8, 4) is 0 Å². The summed E-state index contributed by atoms with van der Waals surface area (Å²) in [5.74, 6) is 2.01. The van der Waals surface area contributed by atoms with E-state index in [0.717, 1.165) is 53.8 Å². The van der Waals surface area contributed by atoms with E-state index in [1.165, 1.54) is 0 Å². The lowest BCUT2D eigenvalue weighted by atomic mass is 10.1. The molecule has 5 heterocycles. The second-order valence-corrected chi connectivity index (χ2v) is 7.23. The van der Waals surface area contributed by atoms with E-state index < -0.39 is 0 Å². The molecule has 4 aromatic rings. The summed E-state index contributed by atoms with van der Waals surface area (Å²) in [4.78, 5) is 23.9. The summed E-state index contributed by atoms with van der Waals surface area (Å²) in [6, 6.07) is 6.24. The zero-order valence-electron chi connectivity index (χ0n) is 15.4. The fourth-order valence-electron chi connectivity index (χ4n) is 3.67. The highest BCUT2D eigenvalue weighted by atomic mass is 15.3. The van der Waals surface area contributed by atoms with Crippen molar-refractivity contribution in [3.63, 3.8) is 0 Å². The monoisotopic (exact) mass is 362 g/mol. The SMILES string of the molecule is CC(C)c1nc(N2CCNC(c3cnc4ccccn34)C2)c2[nH]cnc2n1. The summed E-state index contributed by atoms with van der Waals surface area (Å²) >= 11 is 0. The molecule has 0 bridgehead atoms. The average Bonchev–Trinajstić information content (AvgIpc) is 3.34. The number of hydrogen-bond acceptors (Lipinski definition) is 6. The number of aromatic nitrogens is 6. The van der Waals surface area contributed by atoms with Gasteiger partial charge in [0.1, 0.15) is 17.0 Å². The highest BCUT2D eigenvalue weighted by Crippen LogP contribution is 2.27. The number of anilines is 1. The maximum Gasteiger partial charge on any atom is 0.183 e. The molecule has 1 saturated heterocycles. The smallest absolute Gasteiger partial charge is 0.183 e. The van der Waals surface area contributed by atoms with Crippen molar-refractivity contribution in [3.05, 3.63) is 48.4 Å². The van der Waals surface area contributed by atoms with Crippen molar-refractivity contribution in [2.75, 3.05) is 24.5 Å². The molecule has 1 atom stereocenters. The Morgan fingerprint density at radius 3 is 3.00 bits per heavy atom. The Hall–Kier alpha value is -3.00. The Balaban J connectivity index is 1.53. The van der Waals surface area contributed by atoms with Crippen LogP contribution in [0, 0.1) is 0 Å². The van der Waals surface area contributed by atoms with Gasteiger partial charge in [-0.1, -0.05) is 19.9 Å². The van der Waals surface area contributed by atoms with Crippen LogP contribution in [0.2, 0.25) is 0 Å². The Morgan fingerprint density at radius 2 is 2.11 bits per heavy atom. The van der Waals surface area contributed by atoms with Gasteiger partial charge in [-0.2, -0.15) is 0 Å². The molecule has 5 rings (SSSR count). The molecule has 1 fully saturated rings. The molecule has 0 aliphatic carbocycles. The number of fused-ring (bicyclic) bond motifs is 2. The van der Waals surface area contributed by atoms with Gasteiger partial charge in [-0.3, -0.25) is 0 Å². The fourth-order valence-corrected chi connectivity index (χ4v) is 3.67. The molecular weight excluding hydrogens is 340 g/mol. The maximum absolute atomic E-state index is 4.87.